The van der Waals surface area contributed by atoms with E-state index in [9.17, 15) is 26.7 Å². The lowest BCUT2D eigenvalue weighted by Crippen LogP contribution is -2.11. The molecule has 1 nitrogen and oxygen atoms in total. The van der Waals surface area contributed by atoms with Crippen LogP contribution in [0.3, 0.4) is 0 Å². The second-order valence-electron chi connectivity index (χ2n) is 4.12. The molecule has 0 heterocycles. The smallest absolute Gasteiger partial charge is 0.288 e. The van der Waals surface area contributed by atoms with Crippen molar-refractivity contribution in [3.8, 4) is 0 Å². The van der Waals surface area contributed by atoms with Gasteiger partial charge in [0.15, 0.2) is 5.78 Å². The van der Waals surface area contributed by atoms with E-state index in [4.69, 9.17) is 0 Å². The van der Waals surface area contributed by atoms with Crippen molar-refractivity contribution in [2.45, 2.75) is 6.18 Å². The molecule has 0 aliphatic heterocycles. The largest absolute Gasteiger partial charge is 0.419 e. The number of hydrogen-bond donors (Lipinski definition) is 0. The van der Waals surface area contributed by atoms with Gasteiger partial charge in [0.2, 0.25) is 0 Å². The fourth-order valence-electron chi connectivity index (χ4n) is 1.72. The molecule has 0 saturated carbocycles. The summed E-state index contributed by atoms with van der Waals surface area (Å²) >= 11 is 2.88. The molecular weight excluding hydrogens is 359 g/mol. The van der Waals surface area contributed by atoms with Crippen molar-refractivity contribution in [2.24, 2.45) is 0 Å². The highest BCUT2D eigenvalue weighted by Crippen LogP contribution is 2.32. The van der Waals surface area contributed by atoms with Gasteiger partial charge in [-0.05, 0) is 46.3 Å². The Hall–Kier alpha value is -1.76. The van der Waals surface area contributed by atoms with Gasteiger partial charge in [-0.3, -0.25) is 4.79 Å². The van der Waals surface area contributed by atoms with Crippen LogP contribution in [-0.4, -0.2) is 5.78 Å². The molecule has 0 aliphatic rings. The summed E-state index contributed by atoms with van der Waals surface area (Å²) in [5, 5.41) is 0. The van der Waals surface area contributed by atoms with E-state index in [1.165, 1.54) is 12.1 Å². The highest BCUT2D eigenvalue weighted by atomic mass is 79.9. The van der Waals surface area contributed by atoms with Gasteiger partial charge >= 0.3 is 6.18 Å². The van der Waals surface area contributed by atoms with Gasteiger partial charge in [-0.15, -0.1) is 0 Å². The van der Waals surface area contributed by atoms with Crippen molar-refractivity contribution in [3.05, 3.63) is 69.2 Å². The van der Waals surface area contributed by atoms with Gasteiger partial charge in [-0.25, -0.2) is 8.78 Å². The number of rotatable bonds is 2. The molecule has 2 rings (SSSR count). The molecule has 110 valence electrons. The van der Waals surface area contributed by atoms with Crippen LogP contribution in [0.5, 0.6) is 0 Å². The summed E-state index contributed by atoms with van der Waals surface area (Å²) in [6, 6.07) is 5.64. The SMILES string of the molecule is O=C(c1ccc(F)c(C(F)(F)F)c1)c1cccc(Br)c1F. The van der Waals surface area contributed by atoms with Crippen LogP contribution in [0.2, 0.25) is 0 Å². The van der Waals surface area contributed by atoms with E-state index in [-0.39, 0.29) is 4.47 Å². The van der Waals surface area contributed by atoms with Gasteiger partial charge in [-0.1, -0.05) is 6.07 Å². The third-order valence-electron chi connectivity index (χ3n) is 2.73. The maximum Gasteiger partial charge on any atom is 0.419 e. The topological polar surface area (TPSA) is 17.1 Å². The van der Waals surface area contributed by atoms with Crippen LogP contribution in [-0.2, 0) is 6.18 Å². The number of ketones is 1. The molecule has 0 aliphatic carbocycles. The molecule has 0 saturated heterocycles. The molecule has 0 unspecified atom stereocenters. The maximum atomic E-state index is 13.8. The minimum Gasteiger partial charge on any atom is -0.288 e. The minimum absolute atomic E-state index is 0.00602. The van der Waals surface area contributed by atoms with Crippen molar-refractivity contribution in [2.75, 3.05) is 0 Å². The summed E-state index contributed by atoms with van der Waals surface area (Å²) < 4.78 is 64.8. The fraction of sp³-hybridized carbons (Fsp3) is 0.0714. The number of alkyl halides is 3. The quantitative estimate of drug-likeness (QED) is 0.542. The Morgan fingerprint density at radius 3 is 2.33 bits per heavy atom. The van der Waals surface area contributed by atoms with Crippen molar-refractivity contribution in [1.82, 2.24) is 0 Å². The third-order valence-corrected chi connectivity index (χ3v) is 3.34. The second kappa shape index (κ2) is 5.55. The van der Waals surface area contributed by atoms with E-state index < -0.39 is 40.3 Å². The zero-order chi connectivity index (χ0) is 15.8. The first-order valence-corrected chi connectivity index (χ1v) is 6.36. The lowest BCUT2D eigenvalue weighted by molar-refractivity contribution is -0.140. The zero-order valence-electron chi connectivity index (χ0n) is 10.1. The van der Waals surface area contributed by atoms with Gasteiger partial charge in [0, 0.05) is 5.56 Å². The Balaban J connectivity index is 2.52. The Morgan fingerprint density at radius 1 is 1.05 bits per heavy atom. The van der Waals surface area contributed by atoms with Gasteiger partial charge in [-0.2, -0.15) is 13.2 Å². The molecule has 0 atom stereocenters. The lowest BCUT2D eigenvalue weighted by Gasteiger charge is -2.10. The Bertz CT molecular complexity index is 709. The Morgan fingerprint density at radius 2 is 1.71 bits per heavy atom. The highest BCUT2D eigenvalue weighted by molar-refractivity contribution is 9.10. The monoisotopic (exact) mass is 364 g/mol. The summed E-state index contributed by atoms with van der Waals surface area (Å²) in [6.45, 7) is 0. The molecular formula is C14H6BrF5O. The normalized spacial score (nSPS) is 11.5. The van der Waals surface area contributed by atoms with Crippen LogP contribution in [0.1, 0.15) is 21.5 Å². The van der Waals surface area contributed by atoms with Gasteiger partial charge < -0.3 is 0 Å². The van der Waals surface area contributed by atoms with E-state index in [1.54, 1.807) is 0 Å². The molecule has 0 aromatic heterocycles. The molecule has 21 heavy (non-hydrogen) atoms. The molecule has 0 fully saturated rings. The predicted octanol–water partition coefficient (Wildman–Crippen LogP) is 4.98. The van der Waals surface area contributed by atoms with Crippen LogP contribution in [0.25, 0.3) is 0 Å². The van der Waals surface area contributed by atoms with Crippen LogP contribution < -0.4 is 0 Å². The number of carbonyl (C=O) groups excluding carboxylic acids is 1. The van der Waals surface area contributed by atoms with E-state index in [0.29, 0.717) is 12.1 Å². The van der Waals surface area contributed by atoms with Crippen LogP contribution >= 0.6 is 15.9 Å². The summed E-state index contributed by atoms with van der Waals surface area (Å²) in [4.78, 5) is 12.1. The minimum atomic E-state index is -4.93. The van der Waals surface area contributed by atoms with Gasteiger partial charge in [0.05, 0.1) is 15.6 Å². The number of halogens is 6. The van der Waals surface area contributed by atoms with E-state index in [0.717, 1.165) is 12.1 Å². The van der Waals surface area contributed by atoms with E-state index >= 15 is 0 Å². The molecule has 0 spiro atoms. The van der Waals surface area contributed by atoms with Crippen LogP contribution in [0, 0.1) is 11.6 Å². The molecule has 2 aromatic carbocycles. The first-order valence-electron chi connectivity index (χ1n) is 5.57. The number of benzene rings is 2. The van der Waals surface area contributed by atoms with Crippen LogP contribution in [0.15, 0.2) is 40.9 Å². The standard InChI is InChI=1S/C14H6BrF5O/c15-10-3-1-2-8(12(10)17)13(21)7-4-5-11(16)9(6-7)14(18,19)20/h1-6H. The molecule has 0 amide bonds. The summed E-state index contributed by atoms with van der Waals surface area (Å²) in [6.07, 6.45) is -4.93. The van der Waals surface area contributed by atoms with Gasteiger partial charge in [0.25, 0.3) is 0 Å². The van der Waals surface area contributed by atoms with E-state index in [2.05, 4.69) is 15.9 Å². The first kappa shape index (κ1) is 15.6. The summed E-state index contributed by atoms with van der Waals surface area (Å²) in [5.41, 5.74) is -2.41. The second-order valence-corrected chi connectivity index (χ2v) is 4.98. The lowest BCUT2D eigenvalue weighted by atomic mass is 10.0. The molecule has 0 N–H and O–H groups in total. The van der Waals surface area contributed by atoms with Gasteiger partial charge in [0.1, 0.15) is 11.6 Å². The fourth-order valence-corrected chi connectivity index (χ4v) is 2.08. The summed E-state index contributed by atoms with van der Waals surface area (Å²) in [7, 11) is 0. The Kier molecular flexibility index (Phi) is 4.13. The van der Waals surface area contributed by atoms with Crippen LogP contribution in [0.4, 0.5) is 22.0 Å². The molecule has 0 radical (unpaired) electrons. The summed E-state index contributed by atoms with van der Waals surface area (Å²) in [5.74, 6) is -3.34. The molecule has 2 aromatic rings. The Labute approximate surface area is 124 Å². The van der Waals surface area contributed by atoms with Crippen molar-refractivity contribution in [1.29, 1.82) is 0 Å². The van der Waals surface area contributed by atoms with Crippen molar-refractivity contribution < 1.29 is 26.7 Å². The predicted molar refractivity (Wildman–Crippen MR) is 68.9 cm³/mol. The average molecular weight is 365 g/mol. The van der Waals surface area contributed by atoms with E-state index in [1.807, 2.05) is 0 Å². The molecule has 7 heteroatoms. The maximum absolute atomic E-state index is 13.8. The number of hydrogen-bond acceptors (Lipinski definition) is 1. The number of carbonyl (C=O) groups is 1. The first-order chi connectivity index (χ1) is 9.71. The van der Waals surface area contributed by atoms with Crippen molar-refractivity contribution in [3.63, 3.8) is 0 Å². The highest BCUT2D eigenvalue weighted by Gasteiger charge is 2.34. The average Bonchev–Trinajstić information content (AvgIpc) is 2.40. The van der Waals surface area contributed by atoms with Crippen molar-refractivity contribution >= 4 is 21.7 Å². The zero-order valence-corrected chi connectivity index (χ0v) is 11.7. The molecule has 0 bridgehead atoms. The third kappa shape index (κ3) is 3.12.